The molecule has 76 valence electrons. The van der Waals surface area contributed by atoms with Crippen LogP contribution in [0, 0.1) is 5.92 Å². The first kappa shape index (κ1) is 9.66. The Morgan fingerprint density at radius 3 is 2.57 bits per heavy atom. The van der Waals surface area contributed by atoms with E-state index < -0.39 is 0 Å². The minimum absolute atomic E-state index is 0.114. The summed E-state index contributed by atoms with van der Waals surface area (Å²) in [5.74, 6) is 1.16. The molecule has 1 fully saturated rings. The van der Waals surface area contributed by atoms with Gasteiger partial charge in [0.2, 0.25) is 0 Å². The molecule has 1 saturated carbocycles. The summed E-state index contributed by atoms with van der Waals surface area (Å²) in [7, 11) is 0. The Kier molecular flexibility index (Phi) is 2.82. The summed E-state index contributed by atoms with van der Waals surface area (Å²) in [4.78, 5) is 4.02. The zero-order valence-electron chi connectivity index (χ0n) is 8.56. The molecule has 2 rings (SSSR count). The van der Waals surface area contributed by atoms with Crippen molar-refractivity contribution in [3.8, 4) is 0 Å². The SMILES string of the molecule is CC1CC(O)CC(c2ccncc2)C1. The molecule has 1 N–H and O–H groups in total. The van der Waals surface area contributed by atoms with Crippen LogP contribution in [0.5, 0.6) is 0 Å². The molecule has 0 amide bonds. The van der Waals surface area contributed by atoms with E-state index >= 15 is 0 Å². The van der Waals surface area contributed by atoms with Crippen molar-refractivity contribution in [2.45, 2.75) is 38.2 Å². The molecule has 0 aromatic carbocycles. The second kappa shape index (κ2) is 4.09. The normalized spacial score (nSPS) is 32.9. The maximum atomic E-state index is 9.70. The van der Waals surface area contributed by atoms with E-state index in [4.69, 9.17) is 0 Å². The molecule has 0 saturated heterocycles. The lowest BCUT2D eigenvalue weighted by Gasteiger charge is -2.30. The minimum Gasteiger partial charge on any atom is -0.393 e. The highest BCUT2D eigenvalue weighted by molar-refractivity contribution is 5.16. The third-order valence-corrected chi connectivity index (χ3v) is 3.10. The molecular weight excluding hydrogens is 174 g/mol. The number of hydrogen-bond acceptors (Lipinski definition) is 2. The topological polar surface area (TPSA) is 33.1 Å². The molecular formula is C12H17NO. The molecule has 0 bridgehead atoms. The summed E-state index contributed by atoms with van der Waals surface area (Å²) < 4.78 is 0. The van der Waals surface area contributed by atoms with Crippen molar-refractivity contribution in [3.63, 3.8) is 0 Å². The lowest BCUT2D eigenvalue weighted by atomic mass is 9.78. The highest BCUT2D eigenvalue weighted by Gasteiger charge is 2.25. The van der Waals surface area contributed by atoms with Crippen LogP contribution in [-0.4, -0.2) is 16.2 Å². The molecule has 0 radical (unpaired) electrons. The average molecular weight is 191 g/mol. The van der Waals surface area contributed by atoms with Gasteiger partial charge in [0.1, 0.15) is 0 Å². The third-order valence-electron chi connectivity index (χ3n) is 3.10. The molecule has 3 unspecified atom stereocenters. The quantitative estimate of drug-likeness (QED) is 0.739. The largest absolute Gasteiger partial charge is 0.393 e. The molecule has 1 aliphatic carbocycles. The number of aliphatic hydroxyl groups is 1. The van der Waals surface area contributed by atoms with E-state index in [1.54, 1.807) is 0 Å². The van der Waals surface area contributed by atoms with Gasteiger partial charge in [-0.05, 0) is 48.8 Å². The predicted molar refractivity (Wildman–Crippen MR) is 56.0 cm³/mol. The van der Waals surface area contributed by atoms with Gasteiger partial charge in [-0.25, -0.2) is 0 Å². The van der Waals surface area contributed by atoms with Crippen molar-refractivity contribution in [1.82, 2.24) is 4.98 Å². The average Bonchev–Trinajstić information content (AvgIpc) is 2.18. The summed E-state index contributed by atoms with van der Waals surface area (Å²) in [6.07, 6.45) is 6.62. The zero-order valence-corrected chi connectivity index (χ0v) is 8.56. The molecule has 2 heteroatoms. The first-order valence-corrected chi connectivity index (χ1v) is 5.33. The Labute approximate surface area is 85.0 Å². The maximum Gasteiger partial charge on any atom is 0.0548 e. The van der Waals surface area contributed by atoms with Gasteiger partial charge in [-0.2, -0.15) is 0 Å². The fraction of sp³-hybridized carbons (Fsp3) is 0.583. The highest BCUT2D eigenvalue weighted by atomic mass is 16.3. The highest BCUT2D eigenvalue weighted by Crippen LogP contribution is 2.35. The summed E-state index contributed by atoms with van der Waals surface area (Å²) >= 11 is 0. The molecule has 3 atom stereocenters. The van der Waals surface area contributed by atoms with Crippen molar-refractivity contribution in [2.75, 3.05) is 0 Å². The lowest BCUT2D eigenvalue weighted by Crippen LogP contribution is -2.23. The van der Waals surface area contributed by atoms with E-state index in [-0.39, 0.29) is 6.10 Å². The van der Waals surface area contributed by atoms with Crippen LogP contribution < -0.4 is 0 Å². The van der Waals surface area contributed by atoms with Crippen LogP contribution in [0.2, 0.25) is 0 Å². The third kappa shape index (κ3) is 2.13. The van der Waals surface area contributed by atoms with Gasteiger partial charge in [-0.15, -0.1) is 0 Å². The van der Waals surface area contributed by atoms with Crippen LogP contribution >= 0.6 is 0 Å². The Hall–Kier alpha value is -0.890. The zero-order chi connectivity index (χ0) is 9.97. The number of aliphatic hydroxyl groups excluding tert-OH is 1. The molecule has 2 nitrogen and oxygen atoms in total. The second-order valence-corrected chi connectivity index (χ2v) is 4.44. The Morgan fingerprint density at radius 1 is 1.21 bits per heavy atom. The van der Waals surface area contributed by atoms with Crippen LogP contribution in [0.4, 0.5) is 0 Å². The summed E-state index contributed by atoms with van der Waals surface area (Å²) in [5.41, 5.74) is 1.32. The van der Waals surface area contributed by atoms with Crippen molar-refractivity contribution in [1.29, 1.82) is 0 Å². The smallest absolute Gasteiger partial charge is 0.0548 e. The van der Waals surface area contributed by atoms with Gasteiger partial charge in [0, 0.05) is 12.4 Å². The van der Waals surface area contributed by atoms with E-state index in [2.05, 4.69) is 24.0 Å². The van der Waals surface area contributed by atoms with Crippen LogP contribution in [0.25, 0.3) is 0 Å². The van der Waals surface area contributed by atoms with E-state index in [9.17, 15) is 5.11 Å². The van der Waals surface area contributed by atoms with Crippen molar-refractivity contribution in [3.05, 3.63) is 30.1 Å². The summed E-state index contributed by atoms with van der Waals surface area (Å²) in [5, 5.41) is 9.70. The number of nitrogens with zero attached hydrogens (tertiary/aromatic N) is 1. The van der Waals surface area contributed by atoms with Gasteiger partial charge in [0.25, 0.3) is 0 Å². The molecule has 1 aromatic heterocycles. The van der Waals surface area contributed by atoms with Crippen LogP contribution in [0.3, 0.4) is 0 Å². The monoisotopic (exact) mass is 191 g/mol. The van der Waals surface area contributed by atoms with Gasteiger partial charge in [0.05, 0.1) is 6.10 Å². The van der Waals surface area contributed by atoms with Gasteiger partial charge in [-0.3, -0.25) is 4.98 Å². The molecule has 0 spiro atoms. The fourth-order valence-electron chi connectivity index (χ4n) is 2.48. The van der Waals surface area contributed by atoms with E-state index in [0.29, 0.717) is 11.8 Å². The lowest BCUT2D eigenvalue weighted by molar-refractivity contribution is 0.0945. The standard InChI is InChI=1S/C12H17NO/c1-9-6-11(8-12(14)7-9)10-2-4-13-5-3-10/h2-5,9,11-12,14H,6-8H2,1H3. The Balaban J connectivity index is 2.11. The Morgan fingerprint density at radius 2 is 1.93 bits per heavy atom. The minimum atomic E-state index is -0.114. The van der Waals surface area contributed by atoms with Gasteiger partial charge < -0.3 is 5.11 Å². The van der Waals surface area contributed by atoms with Crippen molar-refractivity contribution in [2.24, 2.45) is 5.92 Å². The van der Waals surface area contributed by atoms with Gasteiger partial charge in [-0.1, -0.05) is 6.92 Å². The molecule has 0 aliphatic heterocycles. The van der Waals surface area contributed by atoms with Crippen LogP contribution in [0.1, 0.15) is 37.7 Å². The maximum absolute atomic E-state index is 9.70. The van der Waals surface area contributed by atoms with Crippen molar-refractivity contribution < 1.29 is 5.11 Å². The van der Waals surface area contributed by atoms with Gasteiger partial charge >= 0.3 is 0 Å². The molecule has 1 heterocycles. The number of rotatable bonds is 1. The van der Waals surface area contributed by atoms with Crippen LogP contribution in [0.15, 0.2) is 24.5 Å². The molecule has 1 aliphatic rings. The molecule has 1 aromatic rings. The Bertz CT molecular complexity index is 276. The van der Waals surface area contributed by atoms with E-state index in [1.807, 2.05) is 12.4 Å². The summed E-state index contributed by atoms with van der Waals surface area (Å²) in [6.45, 7) is 2.22. The van der Waals surface area contributed by atoms with E-state index in [0.717, 1.165) is 12.8 Å². The predicted octanol–water partition coefficient (Wildman–Crippen LogP) is 2.35. The first-order chi connectivity index (χ1) is 6.75. The number of aromatic nitrogens is 1. The second-order valence-electron chi connectivity index (χ2n) is 4.44. The summed E-state index contributed by atoms with van der Waals surface area (Å²) in [6, 6.07) is 4.13. The fourth-order valence-corrected chi connectivity index (χ4v) is 2.48. The molecule has 14 heavy (non-hydrogen) atoms. The number of hydrogen-bond donors (Lipinski definition) is 1. The number of pyridine rings is 1. The van der Waals surface area contributed by atoms with Crippen LogP contribution in [-0.2, 0) is 0 Å². The first-order valence-electron chi connectivity index (χ1n) is 5.33. The van der Waals surface area contributed by atoms with E-state index in [1.165, 1.54) is 12.0 Å². The van der Waals surface area contributed by atoms with Gasteiger partial charge in [0.15, 0.2) is 0 Å². The van der Waals surface area contributed by atoms with Crippen molar-refractivity contribution >= 4 is 0 Å².